The smallest absolute Gasteiger partial charge is 0.319 e. The molecule has 140 valence electrons. The van der Waals surface area contributed by atoms with Gasteiger partial charge in [0.2, 0.25) is 0 Å². The Morgan fingerprint density at radius 3 is 2.93 bits per heavy atom. The Kier molecular flexibility index (Phi) is 4.94. The number of anilines is 2. The SMILES string of the molecule is Cc1cc2cc(NC(=O)NC3CCCN(c4ccccc4Cl)C3)ccc2[nH]1. The van der Waals surface area contributed by atoms with Gasteiger partial charge < -0.3 is 20.5 Å². The van der Waals surface area contributed by atoms with E-state index in [1.807, 2.05) is 49.4 Å². The van der Waals surface area contributed by atoms with Gasteiger partial charge in [-0.25, -0.2) is 4.79 Å². The first-order chi connectivity index (χ1) is 13.1. The summed E-state index contributed by atoms with van der Waals surface area (Å²) in [6, 6.07) is 15.7. The van der Waals surface area contributed by atoms with Crippen LogP contribution in [0.3, 0.4) is 0 Å². The third-order valence-electron chi connectivity index (χ3n) is 4.96. The standard InChI is InChI=1S/C21H23ClN4O/c1-14-11-15-12-16(8-9-19(15)23-14)24-21(27)25-17-5-4-10-26(13-17)20-7-3-2-6-18(20)22/h2-3,6-9,11-12,17,23H,4-5,10,13H2,1H3,(H2,24,25,27). The lowest BCUT2D eigenvalue weighted by molar-refractivity contribution is 0.246. The Labute approximate surface area is 163 Å². The lowest BCUT2D eigenvalue weighted by Gasteiger charge is -2.35. The maximum Gasteiger partial charge on any atom is 0.319 e. The van der Waals surface area contributed by atoms with Crippen LogP contribution >= 0.6 is 11.6 Å². The predicted molar refractivity (Wildman–Crippen MR) is 112 cm³/mol. The normalized spacial score (nSPS) is 17.1. The zero-order chi connectivity index (χ0) is 18.8. The number of nitrogens with zero attached hydrogens (tertiary/aromatic N) is 1. The number of aromatic amines is 1. The van der Waals surface area contributed by atoms with Crippen LogP contribution in [0.25, 0.3) is 10.9 Å². The fourth-order valence-corrected chi connectivity index (χ4v) is 3.99. The number of aryl methyl sites for hydroxylation is 1. The summed E-state index contributed by atoms with van der Waals surface area (Å²) in [5, 5.41) is 7.88. The molecule has 1 atom stereocenters. The monoisotopic (exact) mass is 382 g/mol. The highest BCUT2D eigenvalue weighted by atomic mass is 35.5. The molecule has 1 saturated heterocycles. The maximum atomic E-state index is 12.5. The number of fused-ring (bicyclic) bond motifs is 1. The Balaban J connectivity index is 1.39. The average Bonchev–Trinajstić information content (AvgIpc) is 3.01. The molecule has 1 aliphatic rings. The van der Waals surface area contributed by atoms with Crippen LogP contribution in [0.15, 0.2) is 48.5 Å². The summed E-state index contributed by atoms with van der Waals surface area (Å²) in [5.41, 5.74) is 3.99. The second-order valence-corrected chi connectivity index (χ2v) is 7.50. The minimum atomic E-state index is -0.174. The molecule has 27 heavy (non-hydrogen) atoms. The third kappa shape index (κ3) is 4.03. The van der Waals surface area contributed by atoms with E-state index in [0.29, 0.717) is 0 Å². The van der Waals surface area contributed by atoms with Gasteiger partial charge in [-0.1, -0.05) is 23.7 Å². The van der Waals surface area contributed by atoms with Crippen molar-refractivity contribution in [1.29, 1.82) is 0 Å². The molecule has 6 heteroatoms. The quantitative estimate of drug-likeness (QED) is 0.602. The molecule has 0 aliphatic carbocycles. The van der Waals surface area contributed by atoms with E-state index in [9.17, 15) is 4.79 Å². The number of H-pyrrole nitrogens is 1. The molecule has 1 aliphatic heterocycles. The molecular formula is C21H23ClN4O. The summed E-state index contributed by atoms with van der Waals surface area (Å²) in [4.78, 5) is 18.0. The molecule has 1 unspecified atom stereocenters. The number of nitrogens with one attached hydrogen (secondary N) is 3. The summed E-state index contributed by atoms with van der Waals surface area (Å²) < 4.78 is 0. The zero-order valence-corrected chi connectivity index (χ0v) is 16.0. The molecule has 2 aromatic carbocycles. The van der Waals surface area contributed by atoms with Crippen molar-refractivity contribution in [3.63, 3.8) is 0 Å². The van der Waals surface area contributed by atoms with Gasteiger partial charge in [0.15, 0.2) is 0 Å². The van der Waals surface area contributed by atoms with Crippen molar-refractivity contribution in [1.82, 2.24) is 10.3 Å². The first-order valence-corrected chi connectivity index (χ1v) is 9.63. The van der Waals surface area contributed by atoms with Crippen molar-refractivity contribution >= 4 is 39.9 Å². The number of benzene rings is 2. The van der Waals surface area contributed by atoms with E-state index in [4.69, 9.17) is 11.6 Å². The second kappa shape index (κ2) is 7.53. The van der Waals surface area contributed by atoms with Crippen LogP contribution in [0, 0.1) is 6.92 Å². The number of rotatable bonds is 3. The number of aromatic nitrogens is 1. The molecule has 5 nitrogen and oxygen atoms in total. The lowest BCUT2D eigenvalue weighted by atomic mass is 10.0. The average molecular weight is 383 g/mol. The third-order valence-corrected chi connectivity index (χ3v) is 5.28. The molecule has 3 N–H and O–H groups in total. The first-order valence-electron chi connectivity index (χ1n) is 9.25. The van der Waals surface area contributed by atoms with Crippen molar-refractivity contribution in [2.45, 2.75) is 25.8 Å². The van der Waals surface area contributed by atoms with Gasteiger partial charge in [-0.3, -0.25) is 0 Å². The molecule has 4 rings (SSSR count). The molecule has 3 aromatic rings. The fourth-order valence-electron chi connectivity index (χ4n) is 3.73. The summed E-state index contributed by atoms with van der Waals surface area (Å²) in [6.45, 7) is 3.73. The van der Waals surface area contributed by atoms with Crippen LogP contribution < -0.4 is 15.5 Å². The fraction of sp³-hybridized carbons (Fsp3) is 0.286. The largest absolute Gasteiger partial charge is 0.368 e. The van der Waals surface area contributed by atoms with Crippen molar-refractivity contribution < 1.29 is 4.79 Å². The zero-order valence-electron chi connectivity index (χ0n) is 15.3. The molecule has 2 heterocycles. The topological polar surface area (TPSA) is 60.2 Å². The van der Waals surface area contributed by atoms with Gasteiger partial charge in [0.05, 0.1) is 10.7 Å². The van der Waals surface area contributed by atoms with Gasteiger partial charge in [-0.05, 0) is 56.2 Å². The summed E-state index contributed by atoms with van der Waals surface area (Å²) >= 11 is 6.32. The number of hydrogen-bond donors (Lipinski definition) is 3. The van der Waals surface area contributed by atoms with E-state index >= 15 is 0 Å². The Bertz CT molecular complexity index is 968. The van der Waals surface area contributed by atoms with E-state index < -0.39 is 0 Å². The van der Waals surface area contributed by atoms with Gasteiger partial charge in [0.1, 0.15) is 0 Å². The number of carbonyl (C=O) groups is 1. The molecular weight excluding hydrogens is 360 g/mol. The van der Waals surface area contributed by atoms with Crippen molar-refractivity contribution in [3.8, 4) is 0 Å². The molecule has 0 radical (unpaired) electrons. The van der Waals surface area contributed by atoms with Crippen LogP contribution in [0.5, 0.6) is 0 Å². The van der Waals surface area contributed by atoms with Crippen LogP contribution in [0.2, 0.25) is 5.02 Å². The summed E-state index contributed by atoms with van der Waals surface area (Å²) in [5.74, 6) is 0. The van der Waals surface area contributed by atoms with Gasteiger partial charge in [0.25, 0.3) is 0 Å². The second-order valence-electron chi connectivity index (χ2n) is 7.09. The van der Waals surface area contributed by atoms with E-state index in [1.165, 1.54) is 0 Å². The number of hydrogen-bond acceptors (Lipinski definition) is 2. The molecule has 0 bridgehead atoms. The maximum absolute atomic E-state index is 12.5. The van der Waals surface area contributed by atoms with Crippen LogP contribution in [0.1, 0.15) is 18.5 Å². The van der Waals surface area contributed by atoms with E-state index in [-0.39, 0.29) is 12.1 Å². The number of halogens is 1. The summed E-state index contributed by atoms with van der Waals surface area (Å²) in [7, 11) is 0. The molecule has 1 aromatic heterocycles. The van der Waals surface area contributed by atoms with Crippen LogP contribution in [-0.4, -0.2) is 30.1 Å². The van der Waals surface area contributed by atoms with E-state index in [0.717, 1.165) is 58.9 Å². The molecule has 0 saturated carbocycles. The number of para-hydroxylation sites is 1. The first kappa shape index (κ1) is 17.7. The number of amides is 2. The highest BCUT2D eigenvalue weighted by molar-refractivity contribution is 6.33. The van der Waals surface area contributed by atoms with Gasteiger partial charge in [-0.2, -0.15) is 0 Å². The van der Waals surface area contributed by atoms with E-state index in [2.05, 4.69) is 26.6 Å². The molecule has 0 spiro atoms. The van der Waals surface area contributed by atoms with Crippen molar-refractivity contribution in [3.05, 3.63) is 59.2 Å². The Morgan fingerprint density at radius 2 is 2.07 bits per heavy atom. The Hall–Kier alpha value is -2.66. The summed E-state index contributed by atoms with van der Waals surface area (Å²) in [6.07, 6.45) is 1.98. The predicted octanol–water partition coefficient (Wildman–Crippen LogP) is 4.92. The number of piperidine rings is 1. The highest BCUT2D eigenvalue weighted by Gasteiger charge is 2.22. The van der Waals surface area contributed by atoms with E-state index in [1.54, 1.807) is 0 Å². The van der Waals surface area contributed by atoms with Crippen molar-refractivity contribution in [2.75, 3.05) is 23.3 Å². The van der Waals surface area contributed by atoms with Gasteiger partial charge >= 0.3 is 6.03 Å². The minimum Gasteiger partial charge on any atom is -0.368 e. The Morgan fingerprint density at radius 1 is 1.22 bits per heavy atom. The van der Waals surface area contributed by atoms with Crippen LogP contribution in [-0.2, 0) is 0 Å². The van der Waals surface area contributed by atoms with Gasteiger partial charge in [-0.15, -0.1) is 0 Å². The minimum absolute atomic E-state index is 0.0910. The van der Waals surface area contributed by atoms with Crippen molar-refractivity contribution in [2.24, 2.45) is 0 Å². The highest BCUT2D eigenvalue weighted by Crippen LogP contribution is 2.28. The molecule has 1 fully saturated rings. The molecule has 2 amide bonds. The van der Waals surface area contributed by atoms with Gasteiger partial charge in [0, 0.05) is 41.4 Å². The van der Waals surface area contributed by atoms with Crippen LogP contribution in [0.4, 0.5) is 16.2 Å². The number of urea groups is 1. The lowest BCUT2D eigenvalue weighted by Crippen LogP contribution is -2.49. The number of carbonyl (C=O) groups excluding carboxylic acids is 1.